The zero-order chi connectivity index (χ0) is 21.5. The number of carboxylic acids is 1. The first-order valence-corrected chi connectivity index (χ1v) is 10.8. The van der Waals surface area contributed by atoms with Gasteiger partial charge in [-0.1, -0.05) is 36.4 Å². The molecule has 2 heterocycles. The number of hydrogen-bond donors (Lipinski definition) is 2. The third kappa shape index (κ3) is 5.75. The van der Waals surface area contributed by atoms with Gasteiger partial charge in [-0.05, 0) is 54.2 Å². The normalized spacial score (nSPS) is 15.6. The molecular formula is C25H28N4O2. The molecule has 0 bridgehead atoms. The van der Waals surface area contributed by atoms with E-state index in [1.807, 2.05) is 30.6 Å². The van der Waals surface area contributed by atoms with E-state index in [1.165, 1.54) is 16.8 Å². The van der Waals surface area contributed by atoms with Gasteiger partial charge in [-0.25, -0.2) is 0 Å². The fraction of sp³-hybridized carbons (Fsp3) is 0.320. The Balaban J connectivity index is 1.52. The molecule has 4 rings (SSSR count). The second-order valence-corrected chi connectivity index (χ2v) is 8.00. The molecule has 3 aromatic rings. The molecule has 31 heavy (non-hydrogen) atoms. The van der Waals surface area contributed by atoms with Crippen LogP contribution in [0.1, 0.15) is 47.0 Å². The van der Waals surface area contributed by atoms with E-state index in [0.717, 1.165) is 43.6 Å². The molecule has 0 spiro atoms. The highest BCUT2D eigenvalue weighted by Gasteiger charge is 2.27. The fourth-order valence-electron chi connectivity index (χ4n) is 4.23. The molecule has 0 radical (unpaired) electrons. The van der Waals surface area contributed by atoms with Crippen LogP contribution >= 0.6 is 0 Å². The molecule has 0 aliphatic heterocycles. The number of benzene rings is 1. The number of carboxylic acid groups (broad SMARTS) is 1. The molecule has 6 nitrogen and oxygen atoms in total. The molecule has 1 aliphatic rings. The highest BCUT2D eigenvalue weighted by Crippen LogP contribution is 2.34. The van der Waals surface area contributed by atoms with Crippen LogP contribution in [0.4, 0.5) is 0 Å². The molecule has 0 amide bonds. The topological polar surface area (TPSA) is 78.4 Å². The van der Waals surface area contributed by atoms with Crippen molar-refractivity contribution in [3.63, 3.8) is 0 Å². The van der Waals surface area contributed by atoms with Crippen molar-refractivity contribution in [2.45, 2.75) is 44.9 Å². The zero-order valence-corrected chi connectivity index (χ0v) is 17.6. The average molecular weight is 417 g/mol. The van der Waals surface area contributed by atoms with Crippen molar-refractivity contribution in [3.8, 4) is 0 Å². The second-order valence-electron chi connectivity index (χ2n) is 8.00. The summed E-state index contributed by atoms with van der Waals surface area (Å²) in [4.78, 5) is 22.5. The minimum Gasteiger partial charge on any atom is -0.480 e. The van der Waals surface area contributed by atoms with Crippen molar-refractivity contribution in [2.24, 2.45) is 0 Å². The molecule has 1 unspecified atom stereocenters. The number of aliphatic carboxylic acids is 1. The fourth-order valence-corrected chi connectivity index (χ4v) is 4.23. The average Bonchev–Trinajstić information content (AvgIpc) is 2.80. The van der Waals surface area contributed by atoms with Crippen molar-refractivity contribution in [2.75, 3.05) is 6.54 Å². The second kappa shape index (κ2) is 10.3. The highest BCUT2D eigenvalue weighted by atomic mass is 16.4. The monoisotopic (exact) mass is 416 g/mol. The van der Waals surface area contributed by atoms with E-state index in [-0.39, 0.29) is 12.6 Å². The summed E-state index contributed by atoms with van der Waals surface area (Å²) in [5, 5.41) is 11.7. The molecule has 0 saturated heterocycles. The van der Waals surface area contributed by atoms with Crippen LogP contribution in [0.25, 0.3) is 0 Å². The molecule has 1 aliphatic carbocycles. The van der Waals surface area contributed by atoms with Gasteiger partial charge in [-0.2, -0.15) is 0 Å². The van der Waals surface area contributed by atoms with Crippen molar-refractivity contribution in [3.05, 3.63) is 95.1 Å². The Kier molecular flexibility index (Phi) is 7.02. The van der Waals surface area contributed by atoms with E-state index in [2.05, 4.69) is 51.6 Å². The van der Waals surface area contributed by atoms with Crippen molar-refractivity contribution in [1.82, 2.24) is 20.2 Å². The number of fused-ring (bicyclic) bond motifs is 1. The van der Waals surface area contributed by atoms with Crippen molar-refractivity contribution >= 4 is 5.97 Å². The summed E-state index contributed by atoms with van der Waals surface area (Å²) < 4.78 is 0. The Morgan fingerprint density at radius 3 is 2.58 bits per heavy atom. The number of hydrogen-bond acceptors (Lipinski definition) is 5. The maximum atomic E-state index is 10.7. The first-order valence-electron chi connectivity index (χ1n) is 10.8. The van der Waals surface area contributed by atoms with Gasteiger partial charge >= 0.3 is 5.97 Å². The molecule has 1 atom stereocenters. The van der Waals surface area contributed by atoms with Gasteiger partial charge in [0.05, 0.1) is 24.0 Å². The van der Waals surface area contributed by atoms with E-state index in [9.17, 15) is 4.79 Å². The van der Waals surface area contributed by atoms with E-state index in [0.29, 0.717) is 6.54 Å². The number of nitrogens with zero attached hydrogens (tertiary/aromatic N) is 3. The Labute approximate surface area is 183 Å². The molecule has 160 valence electrons. The number of nitrogens with one attached hydrogen (secondary N) is 1. The lowest BCUT2D eigenvalue weighted by Crippen LogP contribution is -2.31. The van der Waals surface area contributed by atoms with Crippen LogP contribution in [-0.4, -0.2) is 32.5 Å². The molecule has 2 aromatic heterocycles. The van der Waals surface area contributed by atoms with E-state index in [4.69, 9.17) is 10.1 Å². The maximum Gasteiger partial charge on any atom is 0.317 e. The van der Waals surface area contributed by atoms with Crippen LogP contribution in [-0.2, 0) is 30.8 Å². The summed E-state index contributed by atoms with van der Waals surface area (Å²) in [6, 6.07) is 18.9. The number of rotatable bonds is 9. The molecule has 1 aromatic carbocycles. The Hall–Kier alpha value is -3.09. The van der Waals surface area contributed by atoms with Crippen LogP contribution < -0.4 is 5.32 Å². The summed E-state index contributed by atoms with van der Waals surface area (Å²) >= 11 is 0. The zero-order valence-electron chi connectivity index (χ0n) is 17.6. The van der Waals surface area contributed by atoms with Crippen molar-refractivity contribution in [1.29, 1.82) is 0 Å². The first-order chi connectivity index (χ1) is 15.2. The summed E-state index contributed by atoms with van der Waals surface area (Å²) in [5.74, 6) is -0.844. The first kappa shape index (κ1) is 21.2. The third-order valence-corrected chi connectivity index (χ3v) is 5.71. The standard InChI is InChI=1S/C25H28N4O2/c30-24(31)16-26-15-19-9-11-20(12-10-19)17-29(18-22-7-1-2-13-27-22)23-8-3-5-21-6-4-14-28-25(21)23/h1-2,4,6-7,9-14,23,26H,3,5,8,15-18H2,(H,30,31). The summed E-state index contributed by atoms with van der Waals surface area (Å²) in [6.07, 6.45) is 7.09. The van der Waals surface area contributed by atoms with Crippen LogP contribution in [0, 0.1) is 0 Å². The van der Waals surface area contributed by atoms with Gasteiger partial charge in [-0.3, -0.25) is 19.7 Å². The maximum absolute atomic E-state index is 10.7. The highest BCUT2D eigenvalue weighted by molar-refractivity contribution is 5.68. The third-order valence-electron chi connectivity index (χ3n) is 5.71. The Morgan fingerprint density at radius 2 is 1.81 bits per heavy atom. The molecule has 0 saturated carbocycles. The van der Waals surface area contributed by atoms with Crippen LogP contribution in [0.2, 0.25) is 0 Å². The SMILES string of the molecule is O=C(O)CNCc1ccc(CN(Cc2ccccn2)C2CCCc3cccnc32)cc1. The van der Waals surface area contributed by atoms with Gasteiger partial charge < -0.3 is 10.4 Å². The lowest BCUT2D eigenvalue weighted by molar-refractivity contribution is -0.135. The molecular weight excluding hydrogens is 388 g/mol. The van der Waals surface area contributed by atoms with E-state index in [1.54, 1.807) is 0 Å². The van der Waals surface area contributed by atoms with Gasteiger partial charge in [0.25, 0.3) is 0 Å². The number of carbonyl (C=O) groups is 1. The Morgan fingerprint density at radius 1 is 1.00 bits per heavy atom. The minimum atomic E-state index is -0.844. The predicted octanol–water partition coefficient (Wildman–Crippen LogP) is 3.73. The van der Waals surface area contributed by atoms with Crippen molar-refractivity contribution < 1.29 is 9.90 Å². The van der Waals surface area contributed by atoms with Crippen LogP contribution in [0.3, 0.4) is 0 Å². The summed E-state index contributed by atoms with van der Waals surface area (Å²) in [6.45, 7) is 2.08. The van der Waals surface area contributed by atoms with Gasteiger partial charge in [0.15, 0.2) is 0 Å². The number of pyridine rings is 2. The van der Waals surface area contributed by atoms with Crippen LogP contribution in [0.5, 0.6) is 0 Å². The van der Waals surface area contributed by atoms with E-state index < -0.39 is 5.97 Å². The molecule has 2 N–H and O–H groups in total. The lowest BCUT2D eigenvalue weighted by Gasteiger charge is -2.35. The van der Waals surface area contributed by atoms with Crippen LogP contribution in [0.15, 0.2) is 67.0 Å². The van der Waals surface area contributed by atoms with Gasteiger partial charge in [-0.15, -0.1) is 0 Å². The van der Waals surface area contributed by atoms with Gasteiger partial charge in [0.1, 0.15) is 0 Å². The van der Waals surface area contributed by atoms with E-state index >= 15 is 0 Å². The predicted molar refractivity (Wildman–Crippen MR) is 119 cm³/mol. The summed E-state index contributed by atoms with van der Waals surface area (Å²) in [7, 11) is 0. The summed E-state index contributed by atoms with van der Waals surface area (Å²) in [5.41, 5.74) is 5.90. The quantitative estimate of drug-likeness (QED) is 0.553. The molecule has 6 heteroatoms. The number of aromatic nitrogens is 2. The lowest BCUT2D eigenvalue weighted by atomic mass is 9.90. The molecule has 0 fully saturated rings. The van der Waals surface area contributed by atoms with Gasteiger partial charge in [0.2, 0.25) is 0 Å². The Bertz CT molecular complexity index is 992. The minimum absolute atomic E-state index is 0.0340. The van der Waals surface area contributed by atoms with Gasteiger partial charge in [0, 0.05) is 32.0 Å². The number of aryl methyl sites for hydroxylation is 1. The smallest absolute Gasteiger partial charge is 0.317 e. The largest absolute Gasteiger partial charge is 0.480 e.